The van der Waals surface area contributed by atoms with E-state index in [9.17, 15) is 13.2 Å². The lowest BCUT2D eigenvalue weighted by atomic mass is 10.1. The molecular formula is C15H17ClN2O3S. The Morgan fingerprint density at radius 1 is 1.18 bits per heavy atom. The van der Waals surface area contributed by atoms with Crippen molar-refractivity contribution in [2.24, 2.45) is 0 Å². The average molecular weight is 341 g/mol. The van der Waals surface area contributed by atoms with Crippen LogP contribution in [0.4, 0.5) is 0 Å². The molecule has 1 amide bonds. The number of halogens is 1. The second-order valence-electron chi connectivity index (χ2n) is 4.86. The number of hydrogen-bond acceptors (Lipinski definition) is 3. The molecule has 0 aliphatic carbocycles. The molecule has 2 aromatic carbocycles. The van der Waals surface area contributed by atoms with Gasteiger partial charge >= 0.3 is 0 Å². The molecule has 0 radical (unpaired) electrons. The van der Waals surface area contributed by atoms with Crippen LogP contribution in [0, 0.1) is 0 Å². The molecule has 0 aliphatic heterocycles. The highest BCUT2D eigenvalue weighted by Gasteiger charge is 2.20. The Labute approximate surface area is 134 Å². The van der Waals surface area contributed by atoms with Crippen LogP contribution in [-0.4, -0.2) is 20.5 Å². The van der Waals surface area contributed by atoms with Crippen molar-refractivity contribution >= 4 is 38.3 Å². The molecule has 5 nitrogen and oxygen atoms in total. The van der Waals surface area contributed by atoms with Crippen molar-refractivity contribution in [2.75, 3.05) is 0 Å². The average Bonchev–Trinajstić information content (AvgIpc) is 2.46. The van der Waals surface area contributed by atoms with E-state index < -0.39 is 16.2 Å². The van der Waals surface area contributed by atoms with Crippen LogP contribution in [0.3, 0.4) is 0 Å². The molecule has 7 heteroatoms. The quantitative estimate of drug-likeness (QED) is 0.822. The monoisotopic (exact) mass is 340 g/mol. The van der Waals surface area contributed by atoms with Crippen molar-refractivity contribution in [1.29, 1.82) is 0 Å². The highest BCUT2D eigenvalue weighted by molar-refractivity contribution is 7.89. The molecule has 118 valence electrons. The van der Waals surface area contributed by atoms with E-state index in [0.717, 1.165) is 0 Å². The van der Waals surface area contributed by atoms with Gasteiger partial charge in [0.05, 0.1) is 11.1 Å². The second-order valence-corrected chi connectivity index (χ2v) is 6.94. The van der Waals surface area contributed by atoms with Crippen LogP contribution in [0.5, 0.6) is 0 Å². The maximum Gasteiger partial charge on any atom is 0.242 e. The summed E-state index contributed by atoms with van der Waals surface area (Å²) in [5, 5.41) is 4.25. The van der Waals surface area contributed by atoms with E-state index in [1.807, 2.05) is 0 Å². The fourth-order valence-corrected chi connectivity index (χ4v) is 3.76. The Morgan fingerprint density at radius 2 is 1.82 bits per heavy atom. The minimum absolute atomic E-state index is 0.130. The molecule has 22 heavy (non-hydrogen) atoms. The van der Waals surface area contributed by atoms with Gasteiger partial charge < -0.3 is 5.32 Å². The SMILES string of the molecule is CCC(=O)NC(C)NS(=O)(=O)c1cccc2c(Cl)cccc12. The lowest BCUT2D eigenvalue weighted by molar-refractivity contribution is -0.121. The zero-order valence-electron chi connectivity index (χ0n) is 12.3. The first-order valence-corrected chi connectivity index (χ1v) is 8.70. The summed E-state index contributed by atoms with van der Waals surface area (Å²) in [6.45, 7) is 3.27. The highest BCUT2D eigenvalue weighted by atomic mass is 35.5. The molecule has 1 atom stereocenters. The third-order valence-electron chi connectivity index (χ3n) is 3.15. The summed E-state index contributed by atoms with van der Waals surface area (Å²) in [6.07, 6.45) is -0.414. The number of benzene rings is 2. The van der Waals surface area contributed by atoms with Crippen LogP contribution in [0.25, 0.3) is 10.8 Å². The van der Waals surface area contributed by atoms with Gasteiger partial charge in [-0.05, 0) is 19.1 Å². The number of nitrogens with one attached hydrogen (secondary N) is 2. The van der Waals surface area contributed by atoms with E-state index in [1.165, 1.54) is 6.07 Å². The van der Waals surface area contributed by atoms with Gasteiger partial charge in [-0.25, -0.2) is 8.42 Å². The molecule has 0 saturated carbocycles. The zero-order chi connectivity index (χ0) is 16.3. The summed E-state index contributed by atoms with van der Waals surface area (Å²) >= 11 is 6.10. The van der Waals surface area contributed by atoms with Crippen molar-refractivity contribution in [3.05, 3.63) is 41.4 Å². The van der Waals surface area contributed by atoms with Crippen molar-refractivity contribution < 1.29 is 13.2 Å². The van der Waals surface area contributed by atoms with E-state index in [-0.39, 0.29) is 17.2 Å². The van der Waals surface area contributed by atoms with Gasteiger partial charge in [-0.1, -0.05) is 42.8 Å². The highest BCUT2D eigenvalue weighted by Crippen LogP contribution is 2.28. The number of fused-ring (bicyclic) bond motifs is 1. The predicted octanol–water partition coefficient (Wildman–Crippen LogP) is 2.64. The number of rotatable bonds is 5. The van der Waals surface area contributed by atoms with Crippen LogP contribution in [-0.2, 0) is 14.8 Å². The minimum Gasteiger partial charge on any atom is -0.340 e. The van der Waals surface area contributed by atoms with Gasteiger partial charge in [0.1, 0.15) is 0 Å². The molecule has 0 aromatic heterocycles. The molecule has 0 aliphatic rings. The predicted molar refractivity (Wildman–Crippen MR) is 87.2 cm³/mol. The largest absolute Gasteiger partial charge is 0.340 e. The third kappa shape index (κ3) is 3.58. The van der Waals surface area contributed by atoms with Crippen molar-refractivity contribution in [2.45, 2.75) is 31.3 Å². The third-order valence-corrected chi connectivity index (χ3v) is 5.08. The molecule has 2 aromatic rings. The standard InChI is InChI=1S/C15H17ClN2O3S/c1-3-15(19)17-10(2)18-22(20,21)14-9-5-6-11-12(14)7-4-8-13(11)16/h4-10,18H,3H2,1-2H3,(H,17,19). The molecular weight excluding hydrogens is 324 g/mol. The van der Waals surface area contributed by atoms with Crippen LogP contribution >= 0.6 is 11.6 Å². The second kappa shape index (κ2) is 6.64. The zero-order valence-corrected chi connectivity index (χ0v) is 13.8. The minimum atomic E-state index is -3.78. The Morgan fingerprint density at radius 3 is 2.50 bits per heavy atom. The summed E-state index contributed by atoms with van der Waals surface area (Å²) in [6, 6.07) is 10.0. The summed E-state index contributed by atoms with van der Waals surface area (Å²) in [7, 11) is -3.78. The first-order chi connectivity index (χ1) is 10.3. The summed E-state index contributed by atoms with van der Waals surface area (Å²) in [4.78, 5) is 11.5. The number of amides is 1. The fraction of sp³-hybridized carbons (Fsp3) is 0.267. The lowest BCUT2D eigenvalue weighted by Crippen LogP contribution is -2.45. The maximum absolute atomic E-state index is 12.5. The van der Waals surface area contributed by atoms with Gasteiger partial charge in [0.2, 0.25) is 15.9 Å². The number of hydrogen-bond donors (Lipinski definition) is 2. The smallest absolute Gasteiger partial charge is 0.242 e. The Hall–Kier alpha value is -1.63. The molecule has 0 fully saturated rings. The normalized spacial score (nSPS) is 13.0. The Bertz CT molecular complexity index is 806. The lowest BCUT2D eigenvalue weighted by Gasteiger charge is -2.16. The van der Waals surface area contributed by atoms with Crippen LogP contribution in [0.1, 0.15) is 20.3 Å². The summed E-state index contributed by atoms with van der Waals surface area (Å²) < 4.78 is 27.5. The molecule has 0 bridgehead atoms. The van der Waals surface area contributed by atoms with Crippen LogP contribution in [0.15, 0.2) is 41.3 Å². The van der Waals surface area contributed by atoms with Gasteiger partial charge in [-0.15, -0.1) is 0 Å². The molecule has 0 spiro atoms. The summed E-state index contributed by atoms with van der Waals surface area (Å²) in [5.41, 5.74) is 0. The molecule has 1 unspecified atom stereocenters. The van der Waals surface area contributed by atoms with Crippen LogP contribution in [0.2, 0.25) is 5.02 Å². The Kier molecular flexibility index (Phi) is 5.05. The van der Waals surface area contributed by atoms with Gasteiger partial charge in [0, 0.05) is 22.2 Å². The Balaban J connectivity index is 2.38. The van der Waals surface area contributed by atoms with E-state index in [4.69, 9.17) is 11.6 Å². The number of carbonyl (C=O) groups is 1. The van der Waals surface area contributed by atoms with E-state index in [1.54, 1.807) is 44.2 Å². The van der Waals surface area contributed by atoms with Gasteiger partial charge in [-0.2, -0.15) is 4.72 Å². The maximum atomic E-state index is 12.5. The molecule has 2 rings (SSSR count). The van der Waals surface area contributed by atoms with Gasteiger partial charge in [-0.3, -0.25) is 4.79 Å². The summed E-state index contributed by atoms with van der Waals surface area (Å²) in [5.74, 6) is -0.226. The van der Waals surface area contributed by atoms with Crippen molar-refractivity contribution in [1.82, 2.24) is 10.0 Å². The first kappa shape index (κ1) is 16.7. The van der Waals surface area contributed by atoms with E-state index in [2.05, 4.69) is 10.0 Å². The van der Waals surface area contributed by atoms with E-state index in [0.29, 0.717) is 15.8 Å². The van der Waals surface area contributed by atoms with E-state index >= 15 is 0 Å². The molecule has 0 saturated heterocycles. The fourth-order valence-electron chi connectivity index (χ4n) is 2.15. The van der Waals surface area contributed by atoms with Crippen molar-refractivity contribution in [3.63, 3.8) is 0 Å². The van der Waals surface area contributed by atoms with Gasteiger partial charge in [0.25, 0.3) is 0 Å². The first-order valence-electron chi connectivity index (χ1n) is 6.84. The number of carbonyl (C=O) groups excluding carboxylic acids is 1. The molecule has 2 N–H and O–H groups in total. The van der Waals surface area contributed by atoms with Gasteiger partial charge in [0.15, 0.2) is 0 Å². The number of sulfonamides is 1. The van der Waals surface area contributed by atoms with Crippen LogP contribution < -0.4 is 10.0 Å². The topological polar surface area (TPSA) is 75.3 Å². The molecule has 0 heterocycles. The van der Waals surface area contributed by atoms with Crippen molar-refractivity contribution in [3.8, 4) is 0 Å².